The lowest BCUT2D eigenvalue weighted by molar-refractivity contribution is -0.274. The SMILES string of the molecule is CC1(Cc2ccncc2NS(=O)(=O)c2cccs2)NC(=O)N(c2ccc(OC(F)(F)F)cc2)C1=O. The highest BCUT2D eigenvalue weighted by Crippen LogP contribution is 2.32. The Morgan fingerprint density at radius 3 is 2.51 bits per heavy atom. The first-order chi connectivity index (χ1) is 16.4. The molecule has 35 heavy (non-hydrogen) atoms. The molecule has 0 radical (unpaired) electrons. The molecule has 1 aliphatic heterocycles. The van der Waals surface area contributed by atoms with E-state index >= 15 is 0 Å². The van der Waals surface area contributed by atoms with E-state index in [2.05, 4.69) is 19.8 Å². The number of sulfonamides is 1. The van der Waals surface area contributed by atoms with Gasteiger partial charge in [0.2, 0.25) is 0 Å². The molecule has 2 aromatic heterocycles. The van der Waals surface area contributed by atoms with Crippen molar-refractivity contribution in [1.82, 2.24) is 10.3 Å². The molecule has 1 fully saturated rings. The number of hydrogen-bond acceptors (Lipinski definition) is 7. The molecule has 0 saturated carbocycles. The van der Waals surface area contributed by atoms with E-state index in [4.69, 9.17) is 0 Å². The van der Waals surface area contributed by atoms with Crippen molar-refractivity contribution in [3.63, 3.8) is 0 Å². The number of thiophene rings is 1. The van der Waals surface area contributed by atoms with Gasteiger partial charge in [0.25, 0.3) is 15.9 Å². The third-order valence-electron chi connectivity index (χ3n) is 5.05. The number of benzene rings is 1. The third-order valence-corrected chi connectivity index (χ3v) is 7.81. The molecule has 0 aliphatic carbocycles. The molecule has 1 atom stereocenters. The number of aromatic nitrogens is 1. The highest BCUT2D eigenvalue weighted by Gasteiger charge is 2.48. The zero-order valence-electron chi connectivity index (χ0n) is 17.9. The molecule has 0 spiro atoms. The first-order valence-electron chi connectivity index (χ1n) is 9.90. The van der Waals surface area contributed by atoms with Crippen molar-refractivity contribution in [2.75, 3.05) is 9.62 Å². The molecule has 1 aliphatic rings. The van der Waals surface area contributed by atoms with E-state index in [1.165, 1.54) is 31.5 Å². The van der Waals surface area contributed by atoms with Gasteiger partial charge in [-0.1, -0.05) is 6.07 Å². The monoisotopic (exact) mass is 526 g/mol. The standard InChI is InChI=1S/C21H17F3N4O5S2/c1-20(11-13-8-9-25-12-16(13)27-35(31,32)17-3-2-10-34-17)18(29)28(19(30)26-20)14-4-6-15(7-5-14)33-21(22,23)24/h2-10,12,27H,11H2,1H3,(H,26,30). The summed E-state index contributed by atoms with van der Waals surface area (Å²) in [6, 6.07) is 8.04. The predicted octanol–water partition coefficient (Wildman–Crippen LogP) is 3.90. The number of urea groups is 1. The first-order valence-corrected chi connectivity index (χ1v) is 12.3. The van der Waals surface area contributed by atoms with Crippen LogP contribution in [0.5, 0.6) is 5.75 Å². The minimum Gasteiger partial charge on any atom is -0.406 e. The summed E-state index contributed by atoms with van der Waals surface area (Å²) in [7, 11) is -3.89. The van der Waals surface area contributed by atoms with Crippen molar-refractivity contribution in [1.29, 1.82) is 0 Å². The number of hydrogen-bond donors (Lipinski definition) is 2. The molecule has 1 aromatic carbocycles. The van der Waals surface area contributed by atoms with Crippen molar-refractivity contribution in [3.8, 4) is 5.75 Å². The van der Waals surface area contributed by atoms with Crippen molar-refractivity contribution in [3.05, 3.63) is 65.8 Å². The molecule has 4 rings (SSSR count). The Labute approximate surface area is 201 Å². The van der Waals surface area contributed by atoms with E-state index in [9.17, 15) is 31.2 Å². The first kappa shape index (κ1) is 24.5. The van der Waals surface area contributed by atoms with Crippen molar-refractivity contribution in [2.45, 2.75) is 29.5 Å². The predicted molar refractivity (Wildman–Crippen MR) is 121 cm³/mol. The fourth-order valence-corrected chi connectivity index (χ4v) is 5.58. The van der Waals surface area contributed by atoms with Crippen LogP contribution in [0.2, 0.25) is 0 Å². The third kappa shape index (κ3) is 5.22. The lowest BCUT2D eigenvalue weighted by atomic mass is 9.92. The number of nitrogens with one attached hydrogen (secondary N) is 2. The Balaban J connectivity index is 1.56. The van der Waals surface area contributed by atoms with Gasteiger partial charge in [0.05, 0.1) is 17.6 Å². The molecule has 184 valence electrons. The lowest BCUT2D eigenvalue weighted by Gasteiger charge is -2.23. The second-order valence-corrected chi connectivity index (χ2v) is 10.5. The minimum absolute atomic E-state index is 0.0408. The van der Waals surface area contributed by atoms with E-state index < -0.39 is 39.6 Å². The largest absolute Gasteiger partial charge is 0.573 e. The highest BCUT2D eigenvalue weighted by atomic mass is 32.2. The molecule has 9 nitrogen and oxygen atoms in total. The topological polar surface area (TPSA) is 118 Å². The van der Waals surface area contributed by atoms with Gasteiger partial charge in [0.1, 0.15) is 15.5 Å². The number of imide groups is 1. The molecular formula is C21H17F3N4O5S2. The second-order valence-electron chi connectivity index (χ2n) is 7.69. The van der Waals surface area contributed by atoms with E-state index in [0.29, 0.717) is 5.56 Å². The number of halogens is 3. The van der Waals surface area contributed by atoms with Crippen LogP contribution in [0.15, 0.2) is 64.4 Å². The molecular weight excluding hydrogens is 509 g/mol. The van der Waals surface area contributed by atoms with Crippen molar-refractivity contribution >= 4 is 44.7 Å². The van der Waals surface area contributed by atoms with E-state index in [1.54, 1.807) is 11.4 Å². The van der Waals surface area contributed by atoms with Gasteiger partial charge in [-0.2, -0.15) is 0 Å². The molecule has 14 heteroatoms. The van der Waals surface area contributed by atoms with Gasteiger partial charge in [0.15, 0.2) is 0 Å². The van der Waals surface area contributed by atoms with Crippen LogP contribution in [0.3, 0.4) is 0 Å². The molecule has 1 unspecified atom stereocenters. The quantitative estimate of drug-likeness (QED) is 0.451. The summed E-state index contributed by atoms with van der Waals surface area (Å²) in [6.45, 7) is 1.46. The number of carbonyl (C=O) groups excluding carboxylic acids is 2. The number of pyridine rings is 1. The Morgan fingerprint density at radius 2 is 1.89 bits per heavy atom. The van der Waals surface area contributed by atoms with Gasteiger partial charge in [-0.3, -0.25) is 14.5 Å². The molecule has 1 saturated heterocycles. The fourth-order valence-electron chi connectivity index (χ4n) is 3.50. The number of anilines is 2. The summed E-state index contributed by atoms with van der Waals surface area (Å²) in [6.07, 6.45) is -2.26. The lowest BCUT2D eigenvalue weighted by Crippen LogP contribution is -2.46. The zero-order chi connectivity index (χ0) is 25.4. The Morgan fingerprint density at radius 1 is 1.17 bits per heavy atom. The number of alkyl halides is 3. The summed E-state index contributed by atoms with van der Waals surface area (Å²) >= 11 is 1.03. The molecule has 3 aromatic rings. The van der Waals surface area contributed by atoms with E-state index in [-0.39, 0.29) is 22.0 Å². The highest BCUT2D eigenvalue weighted by molar-refractivity contribution is 7.94. The van der Waals surface area contributed by atoms with Gasteiger partial charge in [0, 0.05) is 12.6 Å². The number of amides is 3. The van der Waals surface area contributed by atoms with Crippen LogP contribution in [-0.4, -0.2) is 37.2 Å². The van der Waals surface area contributed by atoms with Crippen LogP contribution in [0.25, 0.3) is 0 Å². The summed E-state index contributed by atoms with van der Waals surface area (Å²) < 4.78 is 68.8. The summed E-state index contributed by atoms with van der Waals surface area (Å²) in [4.78, 5) is 30.6. The Hall–Kier alpha value is -3.65. The maximum Gasteiger partial charge on any atom is 0.573 e. The van der Waals surface area contributed by atoms with Crippen LogP contribution < -0.4 is 19.7 Å². The van der Waals surface area contributed by atoms with Crippen LogP contribution >= 0.6 is 11.3 Å². The molecule has 2 N–H and O–H groups in total. The Bertz CT molecular complexity index is 1360. The average Bonchev–Trinajstić information content (AvgIpc) is 3.37. The number of carbonyl (C=O) groups is 2. The maximum atomic E-state index is 13.2. The van der Waals surface area contributed by atoms with Crippen LogP contribution in [0, 0.1) is 0 Å². The van der Waals surface area contributed by atoms with Crippen LogP contribution in [0.1, 0.15) is 12.5 Å². The normalized spacial score (nSPS) is 18.5. The average molecular weight is 527 g/mol. The molecule has 0 bridgehead atoms. The molecule has 3 amide bonds. The van der Waals surface area contributed by atoms with Crippen LogP contribution in [-0.2, 0) is 21.2 Å². The second kappa shape index (κ2) is 8.85. The summed E-state index contributed by atoms with van der Waals surface area (Å²) in [5.41, 5.74) is -0.898. The smallest absolute Gasteiger partial charge is 0.406 e. The van der Waals surface area contributed by atoms with E-state index in [0.717, 1.165) is 40.5 Å². The van der Waals surface area contributed by atoms with Crippen molar-refractivity contribution in [2.24, 2.45) is 0 Å². The van der Waals surface area contributed by atoms with Gasteiger partial charge in [-0.25, -0.2) is 18.1 Å². The van der Waals surface area contributed by atoms with Crippen LogP contribution in [0.4, 0.5) is 29.3 Å². The molecule has 3 heterocycles. The number of rotatable bonds is 7. The number of nitrogens with zero attached hydrogens (tertiary/aromatic N) is 2. The van der Waals surface area contributed by atoms with Gasteiger partial charge < -0.3 is 10.1 Å². The zero-order valence-corrected chi connectivity index (χ0v) is 19.5. The summed E-state index contributed by atoms with van der Waals surface area (Å²) in [5.74, 6) is -1.17. The van der Waals surface area contributed by atoms with E-state index in [1.807, 2.05) is 0 Å². The Kier molecular flexibility index (Phi) is 6.19. The van der Waals surface area contributed by atoms with Gasteiger partial charge in [-0.05, 0) is 54.3 Å². The minimum atomic E-state index is -4.88. The summed E-state index contributed by atoms with van der Waals surface area (Å²) in [5, 5.41) is 4.19. The van der Waals surface area contributed by atoms with Gasteiger partial charge in [-0.15, -0.1) is 24.5 Å². The maximum absolute atomic E-state index is 13.2. The van der Waals surface area contributed by atoms with Crippen molar-refractivity contribution < 1.29 is 35.9 Å². The van der Waals surface area contributed by atoms with Gasteiger partial charge >= 0.3 is 12.4 Å². The fraction of sp³-hybridized carbons (Fsp3) is 0.190. The number of ether oxygens (including phenoxy) is 1.